The Kier molecular flexibility index (Phi) is 3.11. The van der Waals surface area contributed by atoms with Crippen LogP contribution >= 0.6 is 0 Å². The topological polar surface area (TPSA) is 92.7 Å². The Morgan fingerprint density at radius 3 is 2.67 bits per heavy atom. The van der Waals surface area contributed by atoms with Crippen LogP contribution in [0.5, 0.6) is 0 Å². The molecule has 0 aromatic rings. The third-order valence-electron chi connectivity index (χ3n) is 3.49. The van der Waals surface area contributed by atoms with Crippen LogP contribution in [0.2, 0.25) is 0 Å². The lowest BCUT2D eigenvalue weighted by atomic mass is 9.78. The summed E-state index contributed by atoms with van der Waals surface area (Å²) in [7, 11) is 0. The van der Waals surface area contributed by atoms with Crippen LogP contribution in [0.4, 0.5) is 0 Å². The molecule has 2 fully saturated rings. The van der Waals surface area contributed by atoms with E-state index in [0.717, 1.165) is 0 Å². The van der Waals surface area contributed by atoms with Gasteiger partial charge >= 0.3 is 11.9 Å². The van der Waals surface area contributed by atoms with Crippen molar-refractivity contribution in [2.45, 2.75) is 31.9 Å². The Bertz CT molecular complexity index is 430. The van der Waals surface area contributed by atoms with E-state index < -0.39 is 29.9 Å². The highest BCUT2D eigenvalue weighted by Crippen LogP contribution is 2.38. The van der Waals surface area contributed by atoms with Gasteiger partial charge in [-0.15, -0.1) is 0 Å². The Hall–Kier alpha value is -1.85. The molecule has 18 heavy (non-hydrogen) atoms. The van der Waals surface area contributed by atoms with Crippen molar-refractivity contribution in [2.75, 3.05) is 0 Å². The summed E-state index contributed by atoms with van der Waals surface area (Å²) >= 11 is 0. The molecule has 2 bridgehead atoms. The fourth-order valence-electron chi connectivity index (χ4n) is 2.52. The van der Waals surface area contributed by atoms with Gasteiger partial charge in [-0.25, -0.2) is 0 Å². The van der Waals surface area contributed by atoms with Crippen LogP contribution < -0.4 is 5.32 Å². The molecule has 0 radical (unpaired) electrons. The Labute approximate surface area is 104 Å². The minimum Gasteiger partial charge on any atom is -0.481 e. The summed E-state index contributed by atoms with van der Waals surface area (Å²) in [5, 5.41) is 11.8. The summed E-state index contributed by atoms with van der Waals surface area (Å²) in [6.07, 6.45) is 0.149. The normalized spacial score (nSPS) is 33.7. The number of carboxylic acid groups (broad SMARTS) is 1. The van der Waals surface area contributed by atoms with Gasteiger partial charge in [0.1, 0.15) is 6.10 Å². The molecular weight excluding hydrogens is 238 g/mol. The summed E-state index contributed by atoms with van der Waals surface area (Å²) < 4.78 is 5.11. The lowest BCUT2D eigenvalue weighted by Crippen LogP contribution is -2.52. The van der Waals surface area contributed by atoms with Gasteiger partial charge in [0.2, 0.25) is 5.91 Å². The van der Waals surface area contributed by atoms with Gasteiger partial charge in [0, 0.05) is 5.57 Å². The number of hydrogen-bond acceptors (Lipinski definition) is 4. The Balaban J connectivity index is 2.18. The van der Waals surface area contributed by atoms with Crippen molar-refractivity contribution >= 4 is 17.8 Å². The van der Waals surface area contributed by atoms with E-state index in [-0.39, 0.29) is 18.3 Å². The zero-order valence-corrected chi connectivity index (χ0v) is 10.0. The number of carbonyl (C=O) groups is 3. The van der Waals surface area contributed by atoms with Crippen molar-refractivity contribution in [2.24, 2.45) is 11.8 Å². The van der Waals surface area contributed by atoms with Crippen molar-refractivity contribution in [3.8, 4) is 0 Å². The van der Waals surface area contributed by atoms with Crippen LogP contribution in [0.1, 0.15) is 19.8 Å². The number of carbonyl (C=O) groups excluding carboxylic acids is 2. The van der Waals surface area contributed by atoms with Crippen molar-refractivity contribution < 1.29 is 24.2 Å². The summed E-state index contributed by atoms with van der Waals surface area (Å²) in [6, 6.07) is -0.672. The Morgan fingerprint density at radius 2 is 2.11 bits per heavy atom. The first kappa shape index (κ1) is 12.6. The molecule has 4 atom stereocenters. The quantitative estimate of drug-likeness (QED) is 0.549. The first-order valence-electron chi connectivity index (χ1n) is 5.80. The molecule has 4 unspecified atom stereocenters. The van der Waals surface area contributed by atoms with Crippen LogP contribution in [-0.4, -0.2) is 35.1 Å². The number of carboxylic acids is 1. The van der Waals surface area contributed by atoms with Crippen molar-refractivity contribution in [1.82, 2.24) is 5.32 Å². The predicted molar refractivity (Wildman–Crippen MR) is 60.5 cm³/mol. The second kappa shape index (κ2) is 4.44. The van der Waals surface area contributed by atoms with E-state index in [4.69, 9.17) is 9.84 Å². The van der Waals surface area contributed by atoms with E-state index in [1.54, 1.807) is 0 Å². The average Bonchev–Trinajstić information content (AvgIpc) is 2.58. The van der Waals surface area contributed by atoms with E-state index >= 15 is 0 Å². The number of esters is 1. The SMILES string of the molecule is C=C(C)C(=O)NC1C2CC(CC1C(=O)O)C(=O)O2. The first-order chi connectivity index (χ1) is 8.40. The largest absolute Gasteiger partial charge is 0.481 e. The van der Waals surface area contributed by atoms with Gasteiger partial charge in [0.15, 0.2) is 0 Å². The van der Waals surface area contributed by atoms with E-state index in [9.17, 15) is 14.4 Å². The zero-order chi connectivity index (χ0) is 13.4. The zero-order valence-electron chi connectivity index (χ0n) is 10.0. The van der Waals surface area contributed by atoms with Gasteiger partial charge in [-0.1, -0.05) is 6.58 Å². The highest BCUT2D eigenvalue weighted by atomic mass is 16.6. The molecule has 1 aliphatic heterocycles. The lowest BCUT2D eigenvalue weighted by molar-refractivity contribution is -0.147. The second-order valence-corrected chi connectivity index (χ2v) is 4.87. The van der Waals surface area contributed by atoms with Crippen LogP contribution in [-0.2, 0) is 19.1 Å². The third kappa shape index (κ3) is 2.10. The maximum Gasteiger partial charge on any atom is 0.309 e. The molecule has 98 valence electrons. The van der Waals surface area contributed by atoms with E-state index in [1.807, 2.05) is 0 Å². The number of ether oxygens (including phenoxy) is 1. The van der Waals surface area contributed by atoms with Crippen molar-refractivity contribution in [1.29, 1.82) is 0 Å². The van der Waals surface area contributed by atoms with Crippen molar-refractivity contribution in [3.05, 3.63) is 12.2 Å². The molecule has 2 aliphatic rings. The number of nitrogens with one attached hydrogen (secondary N) is 1. The molecule has 2 N–H and O–H groups in total. The summed E-state index contributed by atoms with van der Waals surface area (Å²) in [6.45, 7) is 5.04. The molecule has 6 heteroatoms. The highest BCUT2D eigenvalue weighted by molar-refractivity contribution is 5.93. The molecule has 2 rings (SSSR count). The predicted octanol–water partition coefficient (Wildman–Crippen LogP) is 0.0835. The van der Waals surface area contributed by atoms with Gasteiger partial charge < -0.3 is 15.2 Å². The average molecular weight is 253 g/mol. The van der Waals surface area contributed by atoms with Crippen LogP contribution in [0, 0.1) is 11.8 Å². The van der Waals surface area contributed by atoms with Crippen LogP contribution in [0.25, 0.3) is 0 Å². The molecule has 1 saturated heterocycles. The maximum absolute atomic E-state index is 11.6. The number of rotatable bonds is 3. The van der Waals surface area contributed by atoms with Gasteiger partial charge in [0.25, 0.3) is 0 Å². The molecule has 0 aromatic carbocycles. The molecule has 6 nitrogen and oxygen atoms in total. The number of aliphatic carboxylic acids is 1. The fraction of sp³-hybridized carbons (Fsp3) is 0.583. The van der Waals surface area contributed by atoms with Crippen LogP contribution in [0.3, 0.4) is 0 Å². The molecule has 1 amide bonds. The number of hydrogen-bond donors (Lipinski definition) is 2. The molecular formula is C12H15NO5. The van der Waals surface area contributed by atoms with Gasteiger partial charge in [-0.05, 0) is 19.8 Å². The van der Waals surface area contributed by atoms with Gasteiger partial charge in [-0.3, -0.25) is 14.4 Å². The smallest absolute Gasteiger partial charge is 0.309 e. The second-order valence-electron chi connectivity index (χ2n) is 4.87. The molecule has 0 spiro atoms. The summed E-state index contributed by atoms with van der Waals surface area (Å²) in [4.78, 5) is 34.2. The van der Waals surface area contributed by atoms with Gasteiger partial charge in [-0.2, -0.15) is 0 Å². The minimum atomic E-state index is -1.02. The monoisotopic (exact) mass is 253 g/mol. The minimum absolute atomic E-state index is 0.214. The molecule has 1 saturated carbocycles. The lowest BCUT2D eigenvalue weighted by Gasteiger charge is -2.32. The van der Waals surface area contributed by atoms with Crippen LogP contribution in [0.15, 0.2) is 12.2 Å². The van der Waals surface area contributed by atoms with Gasteiger partial charge in [0.05, 0.1) is 17.9 Å². The van der Waals surface area contributed by atoms with Crippen molar-refractivity contribution in [3.63, 3.8) is 0 Å². The molecule has 1 heterocycles. The molecule has 0 aromatic heterocycles. The first-order valence-corrected chi connectivity index (χ1v) is 5.80. The van der Waals surface area contributed by atoms with E-state index in [2.05, 4.69) is 11.9 Å². The summed E-state index contributed by atoms with van der Waals surface area (Å²) in [5.41, 5.74) is 0.297. The third-order valence-corrected chi connectivity index (χ3v) is 3.49. The van der Waals surface area contributed by atoms with E-state index in [1.165, 1.54) is 6.92 Å². The number of amides is 1. The fourth-order valence-corrected chi connectivity index (χ4v) is 2.52. The highest BCUT2D eigenvalue weighted by Gasteiger charge is 2.51. The number of fused-ring (bicyclic) bond motifs is 2. The standard InChI is InChI=1S/C12H15NO5/c1-5(2)10(14)13-9-7(11(15)16)3-6-4-8(9)18-12(6)17/h6-9H,1,3-4H2,2H3,(H,13,14)(H,15,16). The molecule has 1 aliphatic carbocycles. The van der Waals surface area contributed by atoms with E-state index in [0.29, 0.717) is 12.0 Å². The summed E-state index contributed by atoms with van der Waals surface area (Å²) in [5.74, 6) is -2.93. The Morgan fingerprint density at radius 1 is 1.44 bits per heavy atom. The maximum atomic E-state index is 11.6.